The maximum Gasteiger partial charge on any atom is 0.418 e. The highest BCUT2D eigenvalue weighted by molar-refractivity contribution is 5.98. The highest BCUT2D eigenvalue weighted by Crippen LogP contribution is 2.39. The number of fused-ring (bicyclic) bond motifs is 1. The standard InChI is InChI=1S/C21H18F7N7O3/c1-38-19-10(18(37)33-13-7-34(6-12(13)22)15(36)4-20(23,24)25)2-9(5-30-19)14-3-11(21(26,27)28)16-17(29)31-8-32-35(14)16/h2-3,5,8,12-13H,4,6-7H2,1H3,(H,33,37)(H2,29,31,32)/t12-,13+/m0/s1. The average Bonchev–Trinajstić information content (AvgIpc) is 3.39. The average molecular weight is 549 g/mol. The number of anilines is 1. The number of methoxy groups -OCH3 is 1. The zero-order valence-corrected chi connectivity index (χ0v) is 19.3. The number of halogens is 7. The SMILES string of the molecule is COc1ncc(-c2cc(C(F)(F)F)c3c(N)ncnn23)cc1C(=O)N[C@@H]1CN(C(=O)CC(F)(F)F)C[C@@H]1F. The zero-order valence-electron chi connectivity index (χ0n) is 19.3. The fraction of sp³-hybridized carbons (Fsp3) is 0.381. The van der Waals surface area contributed by atoms with E-state index in [1.54, 1.807) is 0 Å². The monoisotopic (exact) mass is 549 g/mol. The number of amides is 2. The molecular weight excluding hydrogens is 531 g/mol. The molecule has 4 heterocycles. The van der Waals surface area contributed by atoms with E-state index in [0.29, 0.717) is 4.90 Å². The summed E-state index contributed by atoms with van der Waals surface area (Å²) in [6.45, 7) is -1.18. The molecule has 17 heteroatoms. The topological polar surface area (TPSA) is 128 Å². The number of carbonyl (C=O) groups is 2. The minimum atomic E-state index is -4.82. The number of nitrogens with two attached hydrogens (primary N) is 1. The minimum absolute atomic E-state index is 0.0234. The molecule has 2 atom stereocenters. The van der Waals surface area contributed by atoms with Crippen LogP contribution in [0.3, 0.4) is 0 Å². The van der Waals surface area contributed by atoms with Crippen molar-refractivity contribution in [2.24, 2.45) is 0 Å². The van der Waals surface area contributed by atoms with Crippen LogP contribution in [0.2, 0.25) is 0 Å². The lowest BCUT2D eigenvalue weighted by Gasteiger charge is -2.18. The fourth-order valence-corrected chi connectivity index (χ4v) is 4.04. The number of aromatic nitrogens is 4. The lowest BCUT2D eigenvalue weighted by Crippen LogP contribution is -2.42. The molecule has 1 fully saturated rings. The number of carbonyl (C=O) groups excluding carboxylic acids is 2. The van der Waals surface area contributed by atoms with Gasteiger partial charge in [-0.05, 0) is 12.1 Å². The maximum absolute atomic E-state index is 14.5. The molecule has 0 aliphatic carbocycles. The summed E-state index contributed by atoms with van der Waals surface area (Å²) in [5, 5.41) is 6.09. The van der Waals surface area contributed by atoms with Crippen LogP contribution >= 0.6 is 0 Å². The van der Waals surface area contributed by atoms with E-state index in [1.807, 2.05) is 0 Å². The molecule has 0 radical (unpaired) electrons. The van der Waals surface area contributed by atoms with Crippen molar-refractivity contribution in [1.82, 2.24) is 29.8 Å². The molecule has 204 valence electrons. The highest BCUT2D eigenvalue weighted by Gasteiger charge is 2.41. The summed E-state index contributed by atoms with van der Waals surface area (Å²) >= 11 is 0. The van der Waals surface area contributed by atoms with Crippen molar-refractivity contribution in [2.75, 3.05) is 25.9 Å². The van der Waals surface area contributed by atoms with Gasteiger partial charge in [0.1, 0.15) is 30.0 Å². The van der Waals surface area contributed by atoms with Gasteiger partial charge in [0.05, 0.1) is 31.0 Å². The molecule has 3 aromatic heterocycles. The lowest BCUT2D eigenvalue weighted by atomic mass is 10.1. The molecule has 0 aromatic carbocycles. The Morgan fingerprint density at radius 1 is 1.16 bits per heavy atom. The van der Waals surface area contributed by atoms with E-state index in [-0.39, 0.29) is 22.7 Å². The molecule has 3 N–H and O–H groups in total. The van der Waals surface area contributed by atoms with E-state index in [9.17, 15) is 40.3 Å². The molecule has 2 amide bonds. The molecule has 0 unspecified atom stereocenters. The normalized spacial score (nSPS) is 18.2. The molecule has 3 aromatic rings. The van der Waals surface area contributed by atoms with Crippen molar-refractivity contribution >= 4 is 23.1 Å². The number of nitrogens with zero attached hydrogens (tertiary/aromatic N) is 5. The number of likely N-dealkylation sites (tertiary alicyclic amines) is 1. The summed E-state index contributed by atoms with van der Waals surface area (Å²) in [6, 6.07) is 0.506. The van der Waals surface area contributed by atoms with Crippen LogP contribution in [0, 0.1) is 0 Å². The molecule has 4 rings (SSSR count). The van der Waals surface area contributed by atoms with E-state index in [2.05, 4.69) is 20.4 Å². The predicted molar refractivity (Wildman–Crippen MR) is 116 cm³/mol. The Balaban J connectivity index is 1.65. The van der Waals surface area contributed by atoms with Crippen molar-refractivity contribution in [1.29, 1.82) is 0 Å². The second-order valence-electron chi connectivity index (χ2n) is 8.31. The smallest absolute Gasteiger partial charge is 0.418 e. The lowest BCUT2D eigenvalue weighted by molar-refractivity contribution is -0.160. The molecule has 1 aliphatic heterocycles. The molecule has 38 heavy (non-hydrogen) atoms. The van der Waals surface area contributed by atoms with Crippen LogP contribution in [0.5, 0.6) is 5.88 Å². The number of pyridine rings is 1. The number of rotatable bonds is 5. The van der Waals surface area contributed by atoms with Gasteiger partial charge >= 0.3 is 12.4 Å². The third-order valence-electron chi connectivity index (χ3n) is 5.74. The first-order valence-corrected chi connectivity index (χ1v) is 10.7. The van der Waals surface area contributed by atoms with E-state index < -0.39 is 72.8 Å². The number of alkyl halides is 7. The van der Waals surface area contributed by atoms with E-state index >= 15 is 0 Å². The van der Waals surface area contributed by atoms with Gasteiger partial charge in [-0.15, -0.1) is 0 Å². The van der Waals surface area contributed by atoms with Gasteiger partial charge in [0, 0.05) is 18.3 Å². The Kier molecular flexibility index (Phi) is 6.79. The molecular formula is C21H18F7N7O3. The summed E-state index contributed by atoms with van der Waals surface area (Å²) in [4.78, 5) is 33.0. The molecule has 0 saturated carbocycles. The number of hydrogen-bond donors (Lipinski definition) is 2. The van der Waals surface area contributed by atoms with Crippen molar-refractivity contribution < 1.29 is 45.1 Å². The van der Waals surface area contributed by atoms with Gasteiger partial charge in [0.15, 0.2) is 5.82 Å². The van der Waals surface area contributed by atoms with Crippen LogP contribution in [0.1, 0.15) is 22.3 Å². The first-order valence-electron chi connectivity index (χ1n) is 10.7. The number of ether oxygens (including phenoxy) is 1. The Labute approximate surface area is 208 Å². The summed E-state index contributed by atoms with van der Waals surface area (Å²) in [6.07, 6.45) is -11.2. The van der Waals surface area contributed by atoms with Gasteiger partial charge in [-0.2, -0.15) is 31.4 Å². The van der Waals surface area contributed by atoms with Crippen molar-refractivity contribution in [3.8, 4) is 17.1 Å². The third-order valence-corrected chi connectivity index (χ3v) is 5.74. The van der Waals surface area contributed by atoms with E-state index in [0.717, 1.165) is 36.3 Å². The van der Waals surface area contributed by atoms with Crippen LogP contribution in [-0.4, -0.2) is 74.9 Å². The third kappa shape index (κ3) is 5.26. The van der Waals surface area contributed by atoms with E-state index in [1.165, 1.54) is 0 Å². The first kappa shape index (κ1) is 26.9. The van der Waals surface area contributed by atoms with E-state index in [4.69, 9.17) is 10.5 Å². The zero-order chi connectivity index (χ0) is 28.0. The van der Waals surface area contributed by atoms with Gasteiger partial charge in [-0.1, -0.05) is 0 Å². The number of nitrogen functional groups attached to an aromatic ring is 1. The van der Waals surface area contributed by atoms with Crippen LogP contribution in [0.4, 0.5) is 36.6 Å². The van der Waals surface area contributed by atoms with Crippen LogP contribution < -0.4 is 15.8 Å². The van der Waals surface area contributed by atoms with Crippen molar-refractivity contribution in [2.45, 2.75) is 31.0 Å². The quantitative estimate of drug-likeness (QED) is 0.469. The molecule has 1 aliphatic rings. The molecule has 0 spiro atoms. The van der Waals surface area contributed by atoms with Crippen LogP contribution in [0.25, 0.3) is 16.8 Å². The van der Waals surface area contributed by atoms with Gasteiger partial charge in [0.25, 0.3) is 5.91 Å². The van der Waals surface area contributed by atoms with Crippen molar-refractivity contribution in [3.05, 3.63) is 35.8 Å². The second kappa shape index (κ2) is 9.60. The fourth-order valence-electron chi connectivity index (χ4n) is 4.04. The van der Waals surface area contributed by atoms with Crippen LogP contribution in [-0.2, 0) is 11.0 Å². The van der Waals surface area contributed by atoms with Crippen LogP contribution in [0.15, 0.2) is 24.7 Å². The largest absolute Gasteiger partial charge is 0.480 e. The predicted octanol–water partition coefficient (Wildman–Crippen LogP) is 2.63. The Hall–Kier alpha value is -4.18. The van der Waals surface area contributed by atoms with Gasteiger partial charge < -0.3 is 20.7 Å². The van der Waals surface area contributed by atoms with Gasteiger partial charge in [-0.3, -0.25) is 9.59 Å². The number of nitrogens with one attached hydrogen (secondary N) is 1. The Bertz CT molecular complexity index is 1390. The molecule has 1 saturated heterocycles. The Morgan fingerprint density at radius 3 is 2.50 bits per heavy atom. The van der Waals surface area contributed by atoms with Gasteiger partial charge in [-0.25, -0.2) is 18.9 Å². The number of hydrogen-bond acceptors (Lipinski definition) is 7. The summed E-state index contributed by atoms with van der Waals surface area (Å²) in [5.74, 6) is -3.05. The first-order chi connectivity index (χ1) is 17.7. The maximum atomic E-state index is 14.5. The summed E-state index contributed by atoms with van der Waals surface area (Å²) in [7, 11) is 1.16. The second-order valence-corrected chi connectivity index (χ2v) is 8.31. The summed E-state index contributed by atoms with van der Waals surface area (Å²) in [5.41, 5.74) is 3.49. The van der Waals surface area contributed by atoms with Gasteiger partial charge in [0.2, 0.25) is 11.8 Å². The molecule has 10 nitrogen and oxygen atoms in total. The highest BCUT2D eigenvalue weighted by atomic mass is 19.4. The summed E-state index contributed by atoms with van der Waals surface area (Å²) < 4.78 is 98.9. The molecule has 0 bridgehead atoms. The van der Waals surface area contributed by atoms with Crippen molar-refractivity contribution in [3.63, 3.8) is 0 Å². The Morgan fingerprint density at radius 2 is 1.87 bits per heavy atom. The minimum Gasteiger partial charge on any atom is -0.480 e.